The molecule has 0 radical (unpaired) electrons. The third kappa shape index (κ3) is 4.46. The standard InChI is InChI=1S/C20H31N3O2S/c1-3-15(2)21-19(24)18(16-7-4-5-8-16)22-10-12-23(13-11-22)20(25)17-9-6-14-26-17/h6,9,14-16,18H,3-5,7-8,10-13H2,1-2H3,(H,21,24). The molecule has 5 nitrogen and oxygen atoms in total. The smallest absolute Gasteiger partial charge is 0.264 e. The maximum absolute atomic E-state index is 13.0. The summed E-state index contributed by atoms with van der Waals surface area (Å²) in [6.45, 7) is 7.15. The Balaban J connectivity index is 1.63. The molecule has 2 atom stereocenters. The van der Waals surface area contributed by atoms with Crippen molar-refractivity contribution in [3.8, 4) is 0 Å². The van der Waals surface area contributed by atoms with Crippen molar-refractivity contribution in [1.82, 2.24) is 15.1 Å². The Kier molecular flexibility index (Phi) is 6.70. The highest BCUT2D eigenvalue weighted by molar-refractivity contribution is 7.12. The summed E-state index contributed by atoms with van der Waals surface area (Å²) < 4.78 is 0. The van der Waals surface area contributed by atoms with E-state index < -0.39 is 0 Å². The number of carbonyl (C=O) groups excluding carboxylic acids is 2. The van der Waals surface area contributed by atoms with Gasteiger partial charge in [-0.3, -0.25) is 14.5 Å². The average Bonchev–Trinajstić information content (AvgIpc) is 3.36. The van der Waals surface area contributed by atoms with E-state index in [2.05, 4.69) is 24.1 Å². The monoisotopic (exact) mass is 377 g/mol. The molecule has 0 aromatic carbocycles. The predicted octanol–water partition coefficient (Wildman–Crippen LogP) is 2.98. The highest BCUT2D eigenvalue weighted by Crippen LogP contribution is 2.31. The average molecular weight is 378 g/mol. The highest BCUT2D eigenvalue weighted by Gasteiger charge is 2.37. The van der Waals surface area contributed by atoms with Crippen LogP contribution in [-0.4, -0.2) is 59.9 Å². The summed E-state index contributed by atoms with van der Waals surface area (Å²) >= 11 is 1.50. The van der Waals surface area contributed by atoms with Gasteiger partial charge in [0, 0.05) is 32.2 Å². The van der Waals surface area contributed by atoms with E-state index in [9.17, 15) is 9.59 Å². The Morgan fingerprint density at radius 2 is 1.92 bits per heavy atom. The molecule has 26 heavy (non-hydrogen) atoms. The van der Waals surface area contributed by atoms with Crippen molar-refractivity contribution < 1.29 is 9.59 Å². The molecule has 2 fully saturated rings. The number of amides is 2. The number of nitrogens with one attached hydrogen (secondary N) is 1. The van der Waals surface area contributed by atoms with Crippen molar-refractivity contribution in [2.75, 3.05) is 26.2 Å². The third-order valence-corrected chi connectivity index (χ3v) is 6.70. The van der Waals surface area contributed by atoms with E-state index in [4.69, 9.17) is 0 Å². The molecule has 1 aliphatic heterocycles. The van der Waals surface area contributed by atoms with Gasteiger partial charge < -0.3 is 10.2 Å². The van der Waals surface area contributed by atoms with Crippen LogP contribution < -0.4 is 5.32 Å². The van der Waals surface area contributed by atoms with Crippen LogP contribution in [-0.2, 0) is 4.79 Å². The molecule has 2 unspecified atom stereocenters. The van der Waals surface area contributed by atoms with Crippen LogP contribution >= 0.6 is 11.3 Å². The summed E-state index contributed by atoms with van der Waals surface area (Å²) in [7, 11) is 0. The van der Waals surface area contributed by atoms with E-state index in [0.717, 1.165) is 37.2 Å². The van der Waals surface area contributed by atoms with Crippen molar-refractivity contribution in [3.05, 3.63) is 22.4 Å². The van der Waals surface area contributed by atoms with Gasteiger partial charge in [0.05, 0.1) is 10.9 Å². The van der Waals surface area contributed by atoms with Gasteiger partial charge in [0.1, 0.15) is 0 Å². The molecule has 1 aromatic rings. The molecule has 1 N–H and O–H groups in total. The molecule has 1 aliphatic carbocycles. The number of rotatable bonds is 6. The van der Waals surface area contributed by atoms with Gasteiger partial charge in [0.25, 0.3) is 5.91 Å². The fraction of sp³-hybridized carbons (Fsp3) is 0.700. The van der Waals surface area contributed by atoms with E-state index in [0.29, 0.717) is 19.0 Å². The number of piperazine rings is 1. The van der Waals surface area contributed by atoms with Gasteiger partial charge in [0.2, 0.25) is 5.91 Å². The maximum atomic E-state index is 13.0. The first-order valence-electron chi connectivity index (χ1n) is 9.97. The van der Waals surface area contributed by atoms with Gasteiger partial charge >= 0.3 is 0 Å². The van der Waals surface area contributed by atoms with Crippen molar-refractivity contribution >= 4 is 23.2 Å². The lowest BCUT2D eigenvalue weighted by atomic mass is 9.94. The summed E-state index contributed by atoms with van der Waals surface area (Å²) in [5.74, 6) is 0.768. The quantitative estimate of drug-likeness (QED) is 0.829. The molecular weight excluding hydrogens is 346 g/mol. The van der Waals surface area contributed by atoms with Crippen molar-refractivity contribution in [2.24, 2.45) is 5.92 Å². The fourth-order valence-electron chi connectivity index (χ4n) is 4.14. The SMILES string of the molecule is CCC(C)NC(=O)C(C1CCCC1)N1CCN(C(=O)c2cccs2)CC1. The summed E-state index contributed by atoms with van der Waals surface area (Å²) in [5, 5.41) is 5.14. The van der Waals surface area contributed by atoms with E-state index in [1.807, 2.05) is 22.4 Å². The van der Waals surface area contributed by atoms with Crippen LogP contribution in [0.2, 0.25) is 0 Å². The van der Waals surface area contributed by atoms with Crippen LogP contribution in [0.3, 0.4) is 0 Å². The molecule has 144 valence electrons. The lowest BCUT2D eigenvalue weighted by molar-refractivity contribution is -0.129. The maximum Gasteiger partial charge on any atom is 0.264 e. The molecule has 6 heteroatoms. The minimum absolute atomic E-state index is 0.0366. The van der Waals surface area contributed by atoms with E-state index in [-0.39, 0.29) is 23.9 Å². The number of hydrogen-bond donors (Lipinski definition) is 1. The second kappa shape index (κ2) is 9.00. The van der Waals surface area contributed by atoms with Gasteiger partial charge in [-0.2, -0.15) is 0 Å². The lowest BCUT2D eigenvalue weighted by Crippen LogP contribution is -2.58. The van der Waals surface area contributed by atoms with Crippen molar-refractivity contribution in [2.45, 2.75) is 58.0 Å². The Labute approximate surface area is 160 Å². The van der Waals surface area contributed by atoms with Gasteiger partial charge in [-0.1, -0.05) is 25.8 Å². The largest absolute Gasteiger partial charge is 0.352 e. The molecule has 2 heterocycles. The minimum Gasteiger partial charge on any atom is -0.352 e. The van der Waals surface area contributed by atoms with E-state index in [1.165, 1.54) is 24.2 Å². The second-order valence-corrected chi connectivity index (χ2v) is 8.56. The highest BCUT2D eigenvalue weighted by atomic mass is 32.1. The van der Waals surface area contributed by atoms with Crippen molar-refractivity contribution in [3.63, 3.8) is 0 Å². The van der Waals surface area contributed by atoms with Gasteiger partial charge in [-0.05, 0) is 43.6 Å². The Hall–Kier alpha value is -1.40. The lowest BCUT2D eigenvalue weighted by Gasteiger charge is -2.41. The second-order valence-electron chi connectivity index (χ2n) is 7.61. The van der Waals surface area contributed by atoms with Crippen LogP contribution in [0.4, 0.5) is 0 Å². The van der Waals surface area contributed by atoms with Gasteiger partial charge in [0.15, 0.2) is 0 Å². The molecule has 2 aliphatic rings. The first-order valence-corrected chi connectivity index (χ1v) is 10.8. The number of carbonyl (C=O) groups is 2. The summed E-state index contributed by atoms with van der Waals surface area (Å²) in [6, 6.07) is 3.99. The number of thiophene rings is 1. The van der Waals surface area contributed by atoms with E-state index >= 15 is 0 Å². The first kappa shape index (κ1) is 19.4. The first-order chi connectivity index (χ1) is 12.6. The topological polar surface area (TPSA) is 52.7 Å². The van der Waals surface area contributed by atoms with Crippen molar-refractivity contribution in [1.29, 1.82) is 0 Å². The molecule has 0 bridgehead atoms. The number of nitrogens with zero attached hydrogens (tertiary/aromatic N) is 2. The molecule has 1 aromatic heterocycles. The van der Waals surface area contributed by atoms with Crippen LogP contribution in [0.25, 0.3) is 0 Å². The zero-order chi connectivity index (χ0) is 18.5. The normalized spacial score (nSPS) is 21.5. The predicted molar refractivity (Wildman–Crippen MR) is 105 cm³/mol. The van der Waals surface area contributed by atoms with Crippen LogP contribution in [0.5, 0.6) is 0 Å². The van der Waals surface area contributed by atoms with Gasteiger partial charge in [-0.15, -0.1) is 11.3 Å². The summed E-state index contributed by atoms with van der Waals surface area (Å²) in [5.41, 5.74) is 0. The van der Waals surface area contributed by atoms with Crippen LogP contribution in [0, 0.1) is 5.92 Å². The Morgan fingerprint density at radius 3 is 2.50 bits per heavy atom. The zero-order valence-corrected chi connectivity index (χ0v) is 16.8. The summed E-state index contributed by atoms with van der Waals surface area (Å²) in [6.07, 6.45) is 5.70. The van der Waals surface area contributed by atoms with Crippen LogP contribution in [0.15, 0.2) is 17.5 Å². The number of hydrogen-bond acceptors (Lipinski definition) is 4. The van der Waals surface area contributed by atoms with Crippen LogP contribution in [0.1, 0.15) is 55.6 Å². The Bertz CT molecular complexity index is 590. The minimum atomic E-state index is -0.0366. The van der Waals surface area contributed by atoms with E-state index in [1.54, 1.807) is 0 Å². The summed E-state index contributed by atoms with van der Waals surface area (Å²) in [4.78, 5) is 30.6. The molecule has 3 rings (SSSR count). The molecular formula is C20H31N3O2S. The Morgan fingerprint density at radius 1 is 1.23 bits per heavy atom. The molecule has 2 amide bonds. The third-order valence-electron chi connectivity index (χ3n) is 5.84. The fourth-order valence-corrected chi connectivity index (χ4v) is 4.83. The molecule has 1 saturated heterocycles. The van der Waals surface area contributed by atoms with Gasteiger partial charge in [-0.25, -0.2) is 0 Å². The molecule has 0 spiro atoms. The molecule has 1 saturated carbocycles. The zero-order valence-electron chi connectivity index (χ0n) is 15.9.